The zero-order valence-electron chi connectivity index (χ0n) is 29.0. The van der Waals surface area contributed by atoms with E-state index in [0.717, 1.165) is 29.8 Å². The molecule has 0 aliphatic heterocycles. The highest BCUT2D eigenvalue weighted by atomic mass is 32.2. The van der Waals surface area contributed by atoms with Gasteiger partial charge in [0, 0.05) is 18.0 Å². The summed E-state index contributed by atoms with van der Waals surface area (Å²) < 4.78 is 68.7. The second-order valence-electron chi connectivity index (χ2n) is 13.6. The molecule has 266 valence electrons. The molecule has 2 aromatic rings. The van der Waals surface area contributed by atoms with Gasteiger partial charge in [-0.25, -0.2) is 13.1 Å². The van der Waals surface area contributed by atoms with Crippen LogP contribution < -0.4 is 20.1 Å². The summed E-state index contributed by atoms with van der Waals surface area (Å²) in [6.07, 6.45) is -3.49. The highest BCUT2D eigenvalue weighted by Gasteiger charge is 2.41. The molecule has 14 heteroatoms. The summed E-state index contributed by atoms with van der Waals surface area (Å²) in [7, 11) is -1.23. The first-order valence-electron chi connectivity index (χ1n) is 15.3. The van der Waals surface area contributed by atoms with Gasteiger partial charge in [0.15, 0.2) is 0 Å². The van der Waals surface area contributed by atoms with Crippen LogP contribution >= 0.6 is 0 Å². The molecule has 2 rings (SSSR count). The van der Waals surface area contributed by atoms with Gasteiger partial charge in [0.05, 0.1) is 17.0 Å². The maximum atomic E-state index is 14.1. The number of amides is 3. The predicted octanol–water partition coefficient (Wildman–Crippen LogP) is 4.92. The third kappa shape index (κ3) is 10.5. The Kier molecular flexibility index (Phi) is 13.0. The van der Waals surface area contributed by atoms with E-state index in [1.54, 1.807) is 14.1 Å². The molecule has 3 unspecified atom stereocenters. The molecule has 0 fully saturated rings. The van der Waals surface area contributed by atoms with E-state index in [0.29, 0.717) is 0 Å². The largest absolute Gasteiger partial charge is 0.573 e. The van der Waals surface area contributed by atoms with E-state index in [-0.39, 0.29) is 17.4 Å². The van der Waals surface area contributed by atoms with Crippen molar-refractivity contribution in [1.82, 2.24) is 20.3 Å². The number of likely N-dealkylation sites (N-methyl/N-ethyl adjacent to an activating group) is 2. The molecule has 0 radical (unpaired) electrons. The number of halogens is 3. The van der Waals surface area contributed by atoms with E-state index in [1.807, 2.05) is 83.5 Å². The van der Waals surface area contributed by atoms with E-state index < -0.39 is 67.8 Å². The van der Waals surface area contributed by atoms with Crippen LogP contribution in [0.1, 0.15) is 61.0 Å². The van der Waals surface area contributed by atoms with Crippen LogP contribution in [0.4, 0.5) is 13.2 Å². The van der Waals surface area contributed by atoms with Gasteiger partial charge in [0.2, 0.25) is 11.8 Å². The lowest BCUT2D eigenvalue weighted by Crippen LogP contribution is -2.61. The molecule has 0 aromatic heterocycles. The number of benzene rings is 2. The molecule has 0 saturated carbocycles. The fraction of sp³-hybridized carbons (Fsp3) is 0.500. The quantitative estimate of drug-likeness (QED) is 0.254. The minimum Gasteiger partial charge on any atom is -0.406 e. The number of ether oxygens (including phenoxy) is 1. The zero-order valence-corrected chi connectivity index (χ0v) is 29.8. The van der Waals surface area contributed by atoms with E-state index >= 15 is 0 Å². The Morgan fingerprint density at radius 1 is 0.896 bits per heavy atom. The normalized spacial score (nSPS) is 14.9. The van der Waals surface area contributed by atoms with Crippen molar-refractivity contribution in [2.75, 3.05) is 14.1 Å². The third-order valence-corrected chi connectivity index (χ3v) is 9.39. The van der Waals surface area contributed by atoms with E-state index in [4.69, 9.17) is 0 Å². The van der Waals surface area contributed by atoms with Crippen LogP contribution in [0.2, 0.25) is 0 Å². The Morgan fingerprint density at radius 3 is 1.90 bits per heavy atom. The highest BCUT2D eigenvalue weighted by Crippen LogP contribution is 2.29. The second-order valence-corrected chi connectivity index (χ2v) is 15.3. The van der Waals surface area contributed by atoms with Crippen molar-refractivity contribution < 1.29 is 40.7 Å². The Morgan fingerprint density at radius 2 is 1.44 bits per heavy atom. The lowest BCUT2D eigenvalue weighted by molar-refractivity contribution is -0.274. The van der Waals surface area contributed by atoms with Crippen molar-refractivity contribution in [1.29, 1.82) is 0 Å². The van der Waals surface area contributed by atoms with Crippen LogP contribution in [0.15, 0.2) is 71.1 Å². The van der Waals surface area contributed by atoms with Gasteiger partial charge in [-0.15, -0.1) is 13.2 Å². The maximum absolute atomic E-state index is 14.1. The molecule has 2 aromatic carbocycles. The molecule has 0 saturated heterocycles. The van der Waals surface area contributed by atoms with Crippen molar-refractivity contribution in [3.05, 3.63) is 71.8 Å². The van der Waals surface area contributed by atoms with Crippen molar-refractivity contribution >= 4 is 27.7 Å². The molecule has 3 atom stereocenters. The number of carbonyl (C=O) groups is 3. The number of hydrogen-bond acceptors (Lipinski definition) is 7. The monoisotopic (exact) mass is 696 g/mol. The lowest BCUT2D eigenvalue weighted by atomic mass is 9.76. The summed E-state index contributed by atoms with van der Waals surface area (Å²) in [5, 5.41) is 6.05. The van der Waals surface area contributed by atoms with Gasteiger partial charge in [-0.2, -0.15) is 0 Å². The number of alkyl halides is 3. The third-order valence-electron chi connectivity index (χ3n) is 8.04. The van der Waals surface area contributed by atoms with Crippen molar-refractivity contribution in [2.24, 2.45) is 11.3 Å². The SMILES string of the molecule is CNC(C(=O)NC(C(=O)N(C)C(/C=C(\C)C(=O)NS(=O)(=O)c1ccc(OC(F)(F)F)cc1)C(C)C)C(C)(C)C)C(C)(C)c1ccccc1. The van der Waals surface area contributed by atoms with Crippen LogP contribution in [0.3, 0.4) is 0 Å². The van der Waals surface area contributed by atoms with Gasteiger partial charge in [0.1, 0.15) is 11.8 Å². The molecule has 3 amide bonds. The van der Waals surface area contributed by atoms with Gasteiger partial charge in [-0.05, 0) is 55.1 Å². The number of carbonyl (C=O) groups excluding carboxylic acids is 3. The Bertz CT molecular complexity index is 1570. The summed E-state index contributed by atoms with van der Waals surface area (Å²) in [5.41, 5.74) is -0.443. The van der Waals surface area contributed by atoms with Crippen LogP contribution in [0, 0.1) is 11.3 Å². The lowest BCUT2D eigenvalue weighted by Gasteiger charge is -2.40. The van der Waals surface area contributed by atoms with Crippen LogP contribution in [0.25, 0.3) is 0 Å². The molecule has 0 heterocycles. The number of rotatable bonds is 13. The molecule has 10 nitrogen and oxygen atoms in total. The summed E-state index contributed by atoms with van der Waals surface area (Å²) in [6.45, 7) is 14.4. The first kappa shape index (κ1) is 40.3. The Hall–Kier alpha value is -3.91. The summed E-state index contributed by atoms with van der Waals surface area (Å²) in [4.78, 5) is 41.8. The number of nitrogens with zero attached hydrogens (tertiary/aromatic N) is 1. The molecule has 0 aliphatic rings. The topological polar surface area (TPSA) is 134 Å². The van der Waals surface area contributed by atoms with Gasteiger partial charge >= 0.3 is 6.36 Å². The molecule has 3 N–H and O–H groups in total. The fourth-order valence-corrected chi connectivity index (χ4v) is 6.26. The minimum absolute atomic E-state index is 0.0230. The van der Waals surface area contributed by atoms with Crippen molar-refractivity contribution in [3.63, 3.8) is 0 Å². The summed E-state index contributed by atoms with van der Waals surface area (Å²) >= 11 is 0. The maximum Gasteiger partial charge on any atom is 0.573 e. The fourth-order valence-electron chi connectivity index (χ4n) is 5.24. The summed E-state index contributed by atoms with van der Waals surface area (Å²) in [6, 6.07) is 10.6. The van der Waals surface area contributed by atoms with Crippen LogP contribution in [-0.2, 0) is 29.8 Å². The standard InChI is InChI=1S/C34H47F3N4O6S/c1-21(2)26(20-22(3)29(42)40-48(45,46)25-18-16-24(17-19-25)47-34(35,36)37)41(10)31(44)28(32(4,5)6)39-30(43)27(38-9)33(7,8)23-14-12-11-13-15-23/h11-21,26-28,38H,1-10H3,(H,39,43)(H,40,42)/b22-20+. The molecular weight excluding hydrogens is 649 g/mol. The van der Waals surface area contributed by atoms with Crippen molar-refractivity contribution in [2.45, 2.75) is 90.2 Å². The van der Waals surface area contributed by atoms with Gasteiger partial charge < -0.3 is 20.3 Å². The Labute approximate surface area is 281 Å². The van der Waals surface area contributed by atoms with E-state index in [2.05, 4.69) is 15.4 Å². The molecule has 0 aliphatic carbocycles. The average molecular weight is 697 g/mol. The molecule has 0 bridgehead atoms. The number of nitrogens with one attached hydrogen (secondary N) is 3. The predicted molar refractivity (Wildman–Crippen MR) is 177 cm³/mol. The second kappa shape index (κ2) is 15.5. The zero-order chi connectivity index (χ0) is 36.8. The summed E-state index contributed by atoms with van der Waals surface area (Å²) in [5.74, 6) is -2.64. The van der Waals surface area contributed by atoms with E-state index in [1.165, 1.54) is 17.9 Å². The van der Waals surface area contributed by atoms with Gasteiger partial charge in [-0.1, -0.05) is 84.9 Å². The minimum atomic E-state index is -4.95. The average Bonchev–Trinajstić information content (AvgIpc) is 2.97. The Balaban J connectivity index is 2.30. The number of sulfonamides is 1. The van der Waals surface area contributed by atoms with Crippen LogP contribution in [0.5, 0.6) is 5.75 Å². The highest BCUT2D eigenvalue weighted by molar-refractivity contribution is 7.90. The van der Waals surface area contributed by atoms with Gasteiger partial charge in [-0.3, -0.25) is 14.4 Å². The molecule has 48 heavy (non-hydrogen) atoms. The van der Waals surface area contributed by atoms with Crippen molar-refractivity contribution in [3.8, 4) is 5.75 Å². The molecule has 0 spiro atoms. The van der Waals surface area contributed by atoms with Gasteiger partial charge in [0.25, 0.3) is 15.9 Å². The first-order chi connectivity index (χ1) is 21.9. The number of hydrogen-bond donors (Lipinski definition) is 3. The smallest absolute Gasteiger partial charge is 0.406 e. The molecular formula is C34H47F3N4O6S. The van der Waals surface area contributed by atoms with Crippen LogP contribution in [-0.4, -0.2) is 69.6 Å². The van der Waals surface area contributed by atoms with E-state index in [9.17, 15) is 36.0 Å². The first-order valence-corrected chi connectivity index (χ1v) is 16.8.